The van der Waals surface area contributed by atoms with Crippen LogP contribution >= 0.6 is 11.8 Å². The van der Waals surface area contributed by atoms with Gasteiger partial charge < -0.3 is 4.74 Å². The first-order valence-electron chi connectivity index (χ1n) is 8.12. The second kappa shape index (κ2) is 7.95. The largest absolute Gasteiger partial charge is 0.461 e. The van der Waals surface area contributed by atoms with Crippen molar-refractivity contribution in [2.24, 2.45) is 17.8 Å². The molecule has 2 rings (SSSR count). The Kier molecular flexibility index (Phi) is 6.21. The van der Waals surface area contributed by atoms with Gasteiger partial charge in [-0.15, -0.1) is 10.2 Å². The third-order valence-electron chi connectivity index (χ3n) is 4.41. The molecule has 6 nitrogen and oxygen atoms in total. The summed E-state index contributed by atoms with van der Waals surface area (Å²) < 4.78 is 5.71. The van der Waals surface area contributed by atoms with Crippen molar-refractivity contribution in [1.29, 1.82) is 0 Å². The number of aromatic nitrogens is 3. The monoisotopic (exact) mass is 339 g/mol. The summed E-state index contributed by atoms with van der Waals surface area (Å²) in [5.74, 6) is 1.40. The van der Waals surface area contributed by atoms with Crippen molar-refractivity contribution in [1.82, 2.24) is 15.2 Å². The average Bonchev–Trinajstić information content (AvgIpc) is 2.48. The lowest BCUT2D eigenvalue weighted by Gasteiger charge is -2.36. The van der Waals surface area contributed by atoms with Crippen molar-refractivity contribution >= 4 is 17.7 Å². The van der Waals surface area contributed by atoms with E-state index in [2.05, 4.69) is 36.0 Å². The topological polar surface area (TPSA) is 84.9 Å². The molecule has 1 fully saturated rings. The minimum atomic E-state index is -0.281. The van der Waals surface area contributed by atoms with Crippen molar-refractivity contribution in [3.8, 4) is 0 Å². The maximum atomic E-state index is 12.1. The summed E-state index contributed by atoms with van der Waals surface area (Å²) in [4.78, 5) is 26.2. The van der Waals surface area contributed by atoms with Gasteiger partial charge >= 0.3 is 5.97 Å². The zero-order chi connectivity index (χ0) is 17.0. The molecule has 1 aromatic heterocycles. The zero-order valence-corrected chi connectivity index (χ0v) is 15.0. The van der Waals surface area contributed by atoms with Crippen molar-refractivity contribution in [3.63, 3.8) is 0 Å². The van der Waals surface area contributed by atoms with E-state index in [4.69, 9.17) is 4.74 Å². The molecule has 1 N–H and O–H groups in total. The van der Waals surface area contributed by atoms with E-state index >= 15 is 0 Å². The molecule has 0 aliphatic heterocycles. The fourth-order valence-electron chi connectivity index (χ4n) is 3.02. The molecule has 1 aliphatic carbocycles. The number of carbonyl (C=O) groups excluding carboxylic acids is 1. The third kappa shape index (κ3) is 5.06. The highest BCUT2D eigenvalue weighted by atomic mass is 32.2. The molecule has 0 saturated heterocycles. The predicted molar refractivity (Wildman–Crippen MR) is 89.3 cm³/mol. The average molecular weight is 339 g/mol. The van der Waals surface area contributed by atoms with E-state index in [-0.39, 0.29) is 23.4 Å². The van der Waals surface area contributed by atoms with Gasteiger partial charge in [-0.2, -0.15) is 0 Å². The molecule has 0 radical (unpaired) electrons. The van der Waals surface area contributed by atoms with E-state index in [0.717, 1.165) is 24.6 Å². The normalized spacial score (nSPS) is 24.7. The summed E-state index contributed by atoms with van der Waals surface area (Å²) in [6, 6.07) is 0. The Morgan fingerprint density at radius 1 is 1.39 bits per heavy atom. The van der Waals surface area contributed by atoms with Crippen LogP contribution in [0.2, 0.25) is 0 Å². The number of ether oxygens (including phenoxy) is 1. The van der Waals surface area contributed by atoms with E-state index in [0.29, 0.717) is 28.6 Å². The van der Waals surface area contributed by atoms with E-state index < -0.39 is 0 Å². The summed E-state index contributed by atoms with van der Waals surface area (Å²) in [7, 11) is 0. The summed E-state index contributed by atoms with van der Waals surface area (Å²) in [6.07, 6.45) is 3.24. The molecule has 0 bridgehead atoms. The molecule has 1 saturated carbocycles. The van der Waals surface area contributed by atoms with Gasteiger partial charge in [0.15, 0.2) is 5.16 Å². The van der Waals surface area contributed by atoms with Crippen LogP contribution in [0.25, 0.3) is 0 Å². The molecular weight excluding hydrogens is 314 g/mol. The van der Waals surface area contributed by atoms with Crippen LogP contribution in [0.3, 0.4) is 0 Å². The lowest BCUT2D eigenvalue weighted by atomic mass is 9.75. The highest BCUT2D eigenvalue weighted by Crippen LogP contribution is 2.35. The highest BCUT2D eigenvalue weighted by molar-refractivity contribution is 7.99. The molecule has 0 unspecified atom stereocenters. The molecule has 1 aromatic rings. The van der Waals surface area contributed by atoms with Crippen LogP contribution in [0, 0.1) is 24.7 Å². The van der Waals surface area contributed by atoms with Gasteiger partial charge in [0.2, 0.25) is 0 Å². The number of thioether (sulfide) groups is 1. The number of nitrogens with zero attached hydrogens (tertiary/aromatic N) is 2. The van der Waals surface area contributed by atoms with Gasteiger partial charge in [-0.05, 0) is 37.5 Å². The molecule has 0 spiro atoms. The summed E-state index contributed by atoms with van der Waals surface area (Å²) in [5.41, 5.74) is 0.0322. The Balaban J connectivity index is 1.89. The van der Waals surface area contributed by atoms with Crippen molar-refractivity contribution in [2.75, 3.05) is 5.75 Å². The fraction of sp³-hybridized carbons (Fsp3) is 0.750. The maximum Gasteiger partial charge on any atom is 0.316 e. The quantitative estimate of drug-likeness (QED) is 0.655. The molecule has 0 amide bonds. The number of esters is 1. The Hall–Kier alpha value is -1.37. The zero-order valence-electron chi connectivity index (χ0n) is 14.2. The second-order valence-corrected chi connectivity index (χ2v) is 7.65. The highest BCUT2D eigenvalue weighted by Gasteiger charge is 2.33. The van der Waals surface area contributed by atoms with Crippen LogP contribution < -0.4 is 5.56 Å². The Morgan fingerprint density at radius 3 is 2.78 bits per heavy atom. The smallest absolute Gasteiger partial charge is 0.316 e. The minimum absolute atomic E-state index is 0.00463. The van der Waals surface area contributed by atoms with Gasteiger partial charge in [-0.3, -0.25) is 14.6 Å². The van der Waals surface area contributed by atoms with E-state index in [1.165, 1.54) is 6.42 Å². The van der Waals surface area contributed by atoms with E-state index in [1.807, 2.05) is 0 Å². The van der Waals surface area contributed by atoms with Crippen LogP contribution in [-0.2, 0) is 9.53 Å². The van der Waals surface area contributed by atoms with E-state index in [1.54, 1.807) is 6.92 Å². The van der Waals surface area contributed by atoms with Gasteiger partial charge in [-0.1, -0.05) is 39.0 Å². The Morgan fingerprint density at radius 2 is 2.13 bits per heavy atom. The van der Waals surface area contributed by atoms with Crippen LogP contribution in [-0.4, -0.2) is 33.0 Å². The summed E-state index contributed by atoms with van der Waals surface area (Å²) in [5, 5.41) is 7.96. The Labute approximate surface area is 140 Å². The Bertz CT molecular complexity index is 602. The van der Waals surface area contributed by atoms with Gasteiger partial charge in [0.1, 0.15) is 11.8 Å². The molecule has 23 heavy (non-hydrogen) atoms. The maximum absolute atomic E-state index is 12.1. The third-order valence-corrected chi connectivity index (χ3v) is 5.25. The SMILES string of the molecule is Cc1nnc(SCC(=O)O[C@H]2C[C@H](C)CC[C@@H]2C(C)C)[nH]c1=O. The number of aromatic amines is 1. The van der Waals surface area contributed by atoms with Crippen LogP contribution in [0.15, 0.2) is 9.95 Å². The van der Waals surface area contributed by atoms with E-state index in [9.17, 15) is 9.59 Å². The number of rotatable bonds is 5. The van der Waals surface area contributed by atoms with Crippen molar-refractivity contribution in [3.05, 3.63) is 16.0 Å². The lowest BCUT2D eigenvalue weighted by molar-refractivity contribution is -0.152. The molecule has 1 heterocycles. The molecule has 0 aromatic carbocycles. The van der Waals surface area contributed by atoms with Crippen LogP contribution in [0.4, 0.5) is 0 Å². The minimum Gasteiger partial charge on any atom is -0.461 e. The molecule has 3 atom stereocenters. The first-order valence-corrected chi connectivity index (χ1v) is 9.11. The number of carbonyl (C=O) groups is 1. The van der Waals surface area contributed by atoms with Gasteiger partial charge in [0.25, 0.3) is 5.56 Å². The molecular formula is C16H25N3O3S. The number of hydrogen-bond acceptors (Lipinski definition) is 6. The standard InChI is InChI=1S/C16H25N3O3S/c1-9(2)12-6-5-10(3)7-13(12)22-14(20)8-23-16-17-15(21)11(4)18-19-16/h9-10,12-13H,5-8H2,1-4H3,(H,17,19,21)/t10-,12-,13+/m1/s1. The molecule has 1 aliphatic rings. The van der Waals surface area contributed by atoms with Crippen molar-refractivity contribution in [2.45, 2.75) is 58.2 Å². The molecule has 7 heteroatoms. The number of H-pyrrole nitrogens is 1. The summed E-state index contributed by atoms with van der Waals surface area (Å²) in [6.45, 7) is 8.16. The molecule has 128 valence electrons. The second-order valence-electron chi connectivity index (χ2n) is 6.69. The number of aryl methyl sites for hydroxylation is 1. The fourth-order valence-corrected chi connectivity index (χ4v) is 3.61. The first-order chi connectivity index (χ1) is 10.9. The van der Waals surface area contributed by atoms with Gasteiger partial charge in [-0.25, -0.2) is 0 Å². The van der Waals surface area contributed by atoms with Crippen LogP contribution in [0.1, 0.15) is 45.7 Å². The van der Waals surface area contributed by atoms with Crippen LogP contribution in [0.5, 0.6) is 0 Å². The number of hydrogen-bond donors (Lipinski definition) is 1. The summed E-state index contributed by atoms with van der Waals surface area (Å²) >= 11 is 1.15. The first kappa shape index (κ1) is 18.0. The predicted octanol–water partition coefficient (Wildman–Crippen LogP) is 2.57. The number of nitrogens with one attached hydrogen (secondary N) is 1. The van der Waals surface area contributed by atoms with Gasteiger partial charge in [0.05, 0.1) is 5.75 Å². The lowest BCUT2D eigenvalue weighted by Crippen LogP contribution is -2.36. The van der Waals surface area contributed by atoms with Crippen molar-refractivity contribution < 1.29 is 9.53 Å². The van der Waals surface area contributed by atoms with Gasteiger partial charge in [0, 0.05) is 0 Å².